The average molecular weight is 364 g/mol. The van der Waals surface area contributed by atoms with Crippen molar-refractivity contribution in [1.82, 2.24) is 19.5 Å². The zero-order valence-corrected chi connectivity index (χ0v) is 15.0. The Labute approximate surface area is 151 Å². The summed E-state index contributed by atoms with van der Waals surface area (Å²) in [6, 6.07) is 0.482. The molecule has 2 unspecified atom stereocenters. The molecule has 0 radical (unpaired) electrons. The first kappa shape index (κ1) is 17.0. The van der Waals surface area contributed by atoms with Crippen molar-refractivity contribution < 1.29 is 8.92 Å². The summed E-state index contributed by atoms with van der Waals surface area (Å²) in [6.07, 6.45) is 11.5. The summed E-state index contributed by atoms with van der Waals surface area (Å²) in [5.41, 5.74) is 1.63. The van der Waals surface area contributed by atoms with Crippen molar-refractivity contribution in [1.29, 1.82) is 0 Å². The SMILES string of the molecule is NSOCC1CCC(n2cnc3c(NC4CCCCC4)ncnc32)O1. The second-order valence-electron chi connectivity index (χ2n) is 6.70. The molecule has 1 aliphatic heterocycles. The van der Waals surface area contributed by atoms with Crippen molar-refractivity contribution in [2.45, 2.75) is 63.3 Å². The molecule has 3 heterocycles. The van der Waals surface area contributed by atoms with Crippen LogP contribution in [0.3, 0.4) is 0 Å². The van der Waals surface area contributed by atoms with E-state index >= 15 is 0 Å². The van der Waals surface area contributed by atoms with Crippen LogP contribution in [0, 0.1) is 0 Å². The van der Waals surface area contributed by atoms with Gasteiger partial charge in [0.25, 0.3) is 0 Å². The van der Waals surface area contributed by atoms with Gasteiger partial charge in [-0.3, -0.25) is 13.9 Å². The number of ether oxygens (including phenoxy) is 1. The van der Waals surface area contributed by atoms with Crippen LogP contribution in [-0.4, -0.2) is 38.3 Å². The van der Waals surface area contributed by atoms with E-state index < -0.39 is 0 Å². The van der Waals surface area contributed by atoms with E-state index in [0.717, 1.165) is 42.1 Å². The highest BCUT2D eigenvalue weighted by Crippen LogP contribution is 2.32. The van der Waals surface area contributed by atoms with E-state index in [0.29, 0.717) is 12.6 Å². The number of rotatable bonds is 6. The van der Waals surface area contributed by atoms with E-state index in [2.05, 4.69) is 20.3 Å². The molecule has 0 amide bonds. The molecule has 2 fully saturated rings. The van der Waals surface area contributed by atoms with Gasteiger partial charge in [0.15, 0.2) is 17.0 Å². The van der Waals surface area contributed by atoms with Crippen molar-refractivity contribution in [2.75, 3.05) is 11.9 Å². The van der Waals surface area contributed by atoms with Crippen LogP contribution in [-0.2, 0) is 8.92 Å². The minimum atomic E-state index is -0.0706. The van der Waals surface area contributed by atoms with E-state index in [9.17, 15) is 0 Å². The minimum Gasteiger partial charge on any atom is -0.365 e. The van der Waals surface area contributed by atoms with Gasteiger partial charge in [-0.25, -0.2) is 15.0 Å². The number of nitrogens with one attached hydrogen (secondary N) is 1. The van der Waals surface area contributed by atoms with Gasteiger partial charge in [-0.15, -0.1) is 0 Å². The maximum Gasteiger partial charge on any atom is 0.167 e. The largest absolute Gasteiger partial charge is 0.365 e. The highest BCUT2D eigenvalue weighted by atomic mass is 32.2. The number of hydrogen-bond acceptors (Lipinski definition) is 8. The number of nitrogens with two attached hydrogens (primary N) is 1. The zero-order chi connectivity index (χ0) is 17.1. The Morgan fingerprint density at radius 1 is 1.20 bits per heavy atom. The van der Waals surface area contributed by atoms with Crippen LogP contribution >= 0.6 is 12.2 Å². The molecule has 0 aromatic carbocycles. The lowest BCUT2D eigenvalue weighted by Crippen LogP contribution is -2.23. The van der Waals surface area contributed by atoms with Gasteiger partial charge < -0.3 is 10.1 Å². The molecular weight excluding hydrogens is 340 g/mol. The van der Waals surface area contributed by atoms with E-state index in [1.54, 1.807) is 12.7 Å². The first-order valence-corrected chi connectivity index (χ1v) is 9.73. The zero-order valence-electron chi connectivity index (χ0n) is 14.1. The molecule has 2 aromatic rings. The van der Waals surface area contributed by atoms with Gasteiger partial charge in [0.2, 0.25) is 0 Å². The minimum absolute atomic E-state index is 0.0557. The van der Waals surface area contributed by atoms with Crippen molar-refractivity contribution in [3.05, 3.63) is 12.7 Å². The smallest absolute Gasteiger partial charge is 0.167 e. The van der Waals surface area contributed by atoms with Crippen LogP contribution in [0.5, 0.6) is 0 Å². The molecule has 4 rings (SSSR count). The van der Waals surface area contributed by atoms with Crippen LogP contribution in [0.25, 0.3) is 11.2 Å². The number of nitrogens with zero attached hydrogens (tertiary/aromatic N) is 4. The van der Waals surface area contributed by atoms with Crippen molar-refractivity contribution >= 4 is 29.2 Å². The molecule has 2 atom stereocenters. The Hall–Kier alpha value is -1.42. The number of hydrogen-bond donors (Lipinski definition) is 2. The van der Waals surface area contributed by atoms with Crippen LogP contribution in [0.2, 0.25) is 0 Å². The van der Waals surface area contributed by atoms with Crippen molar-refractivity contribution in [3.8, 4) is 0 Å². The molecule has 9 heteroatoms. The van der Waals surface area contributed by atoms with Crippen LogP contribution < -0.4 is 10.5 Å². The van der Waals surface area contributed by atoms with Gasteiger partial charge in [0.1, 0.15) is 12.6 Å². The fourth-order valence-corrected chi connectivity index (χ4v) is 3.97. The third-order valence-electron chi connectivity index (χ3n) is 5.02. The third-order valence-corrected chi connectivity index (χ3v) is 5.29. The molecule has 0 spiro atoms. The van der Waals surface area contributed by atoms with Crippen molar-refractivity contribution in [3.63, 3.8) is 0 Å². The molecule has 2 aliphatic rings. The topological polar surface area (TPSA) is 100 Å². The maximum atomic E-state index is 6.05. The summed E-state index contributed by atoms with van der Waals surface area (Å²) in [7, 11) is 0. The van der Waals surface area contributed by atoms with Gasteiger partial charge in [-0.1, -0.05) is 19.3 Å². The number of aromatic nitrogens is 4. The van der Waals surface area contributed by atoms with Gasteiger partial charge in [0, 0.05) is 6.04 Å². The molecular formula is C16H24N6O2S. The quantitative estimate of drug-likeness (QED) is 0.596. The summed E-state index contributed by atoms with van der Waals surface area (Å²) in [5, 5.41) is 8.86. The normalized spacial score (nSPS) is 24.8. The number of fused-ring (bicyclic) bond motifs is 1. The maximum absolute atomic E-state index is 6.05. The Kier molecular flexibility index (Phi) is 5.35. The van der Waals surface area contributed by atoms with E-state index in [4.69, 9.17) is 14.1 Å². The summed E-state index contributed by atoms with van der Waals surface area (Å²) in [5.74, 6) is 0.827. The van der Waals surface area contributed by atoms with Gasteiger partial charge in [-0.05, 0) is 25.7 Å². The van der Waals surface area contributed by atoms with Crippen LogP contribution in [0.15, 0.2) is 12.7 Å². The molecule has 1 aliphatic carbocycles. The van der Waals surface area contributed by atoms with E-state index in [1.165, 1.54) is 32.1 Å². The number of anilines is 1. The molecule has 3 N–H and O–H groups in total. The third kappa shape index (κ3) is 3.74. The standard InChI is InChI=1S/C16H24N6O2S/c17-25-23-8-12-6-7-13(24-12)22-10-20-14-15(18-9-19-16(14)22)21-11-4-2-1-3-5-11/h9-13H,1-8,17H2,(H,18,19,21). The van der Waals surface area contributed by atoms with Gasteiger partial charge >= 0.3 is 0 Å². The van der Waals surface area contributed by atoms with Crippen LogP contribution in [0.4, 0.5) is 5.82 Å². The lowest BCUT2D eigenvalue weighted by atomic mass is 9.95. The van der Waals surface area contributed by atoms with E-state index in [-0.39, 0.29) is 12.3 Å². The molecule has 1 saturated carbocycles. The summed E-state index contributed by atoms with van der Waals surface area (Å²) >= 11 is 0.880. The predicted molar refractivity (Wildman–Crippen MR) is 96.7 cm³/mol. The summed E-state index contributed by atoms with van der Waals surface area (Å²) in [6.45, 7) is 0.494. The fraction of sp³-hybridized carbons (Fsp3) is 0.688. The molecule has 0 bridgehead atoms. The molecule has 2 aromatic heterocycles. The Bertz CT molecular complexity index is 705. The first-order valence-electron chi connectivity index (χ1n) is 8.93. The number of imidazole rings is 1. The first-order chi connectivity index (χ1) is 12.3. The summed E-state index contributed by atoms with van der Waals surface area (Å²) in [4.78, 5) is 13.4. The summed E-state index contributed by atoms with van der Waals surface area (Å²) < 4.78 is 13.2. The Balaban J connectivity index is 1.51. The van der Waals surface area contributed by atoms with Crippen molar-refractivity contribution in [2.24, 2.45) is 5.14 Å². The Morgan fingerprint density at radius 3 is 2.92 bits per heavy atom. The van der Waals surface area contributed by atoms with Crippen LogP contribution in [0.1, 0.15) is 51.2 Å². The lowest BCUT2D eigenvalue weighted by molar-refractivity contribution is -0.0128. The highest BCUT2D eigenvalue weighted by molar-refractivity contribution is 7.92. The predicted octanol–water partition coefficient (Wildman–Crippen LogP) is 2.79. The molecule has 25 heavy (non-hydrogen) atoms. The van der Waals surface area contributed by atoms with Gasteiger partial charge in [-0.2, -0.15) is 0 Å². The average Bonchev–Trinajstić information content (AvgIpc) is 3.28. The molecule has 1 saturated heterocycles. The van der Waals surface area contributed by atoms with E-state index in [1.807, 2.05) is 4.57 Å². The monoisotopic (exact) mass is 364 g/mol. The lowest BCUT2D eigenvalue weighted by Gasteiger charge is -2.23. The second-order valence-corrected chi connectivity index (χ2v) is 7.12. The second kappa shape index (κ2) is 7.86. The molecule has 136 valence electrons. The highest BCUT2D eigenvalue weighted by Gasteiger charge is 2.28. The molecule has 8 nitrogen and oxygen atoms in total. The Morgan fingerprint density at radius 2 is 2.08 bits per heavy atom. The fourth-order valence-electron chi connectivity index (χ4n) is 3.74. The van der Waals surface area contributed by atoms with Gasteiger partial charge in [0.05, 0.1) is 31.3 Å².